The fourth-order valence-electron chi connectivity index (χ4n) is 5.95. The van der Waals surface area contributed by atoms with Gasteiger partial charge in [-0.1, -0.05) is 0 Å². The van der Waals surface area contributed by atoms with Crippen LogP contribution in [0.25, 0.3) is 16.7 Å². The standard InChI is InChI=1S/C27H26F4N4O2/c28-16-1-3-21(20(30)13-16)35-15-19(25(37)33-27-9-6-26(31,7-10-27)8-11-27)23(36)18-2-4-22(32-24(18)35)34-12-5-17(29)14-34/h1-4,13,15,17H,5-12,14H2,(H,33,37)/t17-,26?,27?/m0/s1. The molecule has 1 aliphatic heterocycles. The van der Waals surface area contributed by atoms with Gasteiger partial charge in [-0.15, -0.1) is 0 Å². The van der Waals surface area contributed by atoms with E-state index in [2.05, 4.69) is 10.3 Å². The SMILES string of the molecule is O=C(NC12CCC(F)(CC1)CC2)c1cn(-c2ccc(F)cc2F)c2nc(N3CC[C@H](F)C3)ccc2c1=O. The molecule has 1 saturated heterocycles. The van der Waals surface area contributed by atoms with Crippen molar-refractivity contribution in [1.29, 1.82) is 0 Å². The van der Waals surface area contributed by atoms with E-state index in [4.69, 9.17) is 0 Å². The van der Waals surface area contributed by atoms with Crippen LogP contribution in [0.2, 0.25) is 0 Å². The van der Waals surface area contributed by atoms with Crippen molar-refractivity contribution in [3.8, 4) is 5.69 Å². The zero-order valence-corrected chi connectivity index (χ0v) is 20.1. The molecule has 194 valence electrons. The van der Waals surface area contributed by atoms with Gasteiger partial charge in [0.05, 0.1) is 17.6 Å². The van der Waals surface area contributed by atoms with Crippen LogP contribution < -0.4 is 15.6 Å². The maximum absolute atomic E-state index is 14.9. The van der Waals surface area contributed by atoms with E-state index in [0.29, 0.717) is 63.4 Å². The molecule has 37 heavy (non-hydrogen) atoms. The Balaban J connectivity index is 1.46. The minimum atomic E-state index is -1.18. The Morgan fingerprint density at radius 1 is 1.05 bits per heavy atom. The van der Waals surface area contributed by atoms with Gasteiger partial charge in [0.2, 0.25) is 5.43 Å². The van der Waals surface area contributed by atoms with Crippen LogP contribution in [-0.2, 0) is 0 Å². The predicted molar refractivity (Wildman–Crippen MR) is 131 cm³/mol. The molecule has 6 nitrogen and oxygen atoms in total. The highest BCUT2D eigenvalue weighted by Gasteiger charge is 2.49. The van der Waals surface area contributed by atoms with E-state index in [0.717, 1.165) is 6.07 Å². The molecule has 1 atom stereocenters. The van der Waals surface area contributed by atoms with Gasteiger partial charge in [-0.2, -0.15) is 0 Å². The van der Waals surface area contributed by atoms with Crippen molar-refractivity contribution >= 4 is 22.8 Å². The number of rotatable bonds is 4. The quantitative estimate of drug-likeness (QED) is 0.510. The molecule has 3 aromatic rings. The first kappa shape index (κ1) is 23.9. The molecule has 0 unspecified atom stereocenters. The van der Waals surface area contributed by atoms with Crippen LogP contribution >= 0.6 is 0 Å². The minimum absolute atomic E-state index is 0.0718. The van der Waals surface area contributed by atoms with Crippen molar-refractivity contribution in [2.75, 3.05) is 18.0 Å². The summed E-state index contributed by atoms with van der Waals surface area (Å²) < 4.78 is 58.3. The van der Waals surface area contributed by atoms with E-state index in [1.54, 1.807) is 11.0 Å². The first-order chi connectivity index (χ1) is 17.7. The van der Waals surface area contributed by atoms with E-state index >= 15 is 0 Å². The second-order valence-corrected chi connectivity index (χ2v) is 10.6. The van der Waals surface area contributed by atoms with E-state index in [9.17, 15) is 27.2 Å². The number of aromatic nitrogens is 2. The largest absolute Gasteiger partial charge is 0.354 e. The smallest absolute Gasteiger partial charge is 0.257 e. The van der Waals surface area contributed by atoms with E-state index < -0.39 is 40.3 Å². The van der Waals surface area contributed by atoms with E-state index in [1.807, 2.05) is 0 Å². The number of anilines is 1. The van der Waals surface area contributed by atoms with Gasteiger partial charge in [-0.25, -0.2) is 22.5 Å². The van der Waals surface area contributed by atoms with Crippen molar-refractivity contribution in [3.63, 3.8) is 0 Å². The van der Waals surface area contributed by atoms with Crippen molar-refractivity contribution in [2.24, 2.45) is 0 Å². The fourth-order valence-corrected chi connectivity index (χ4v) is 5.95. The molecule has 3 aliphatic carbocycles. The van der Waals surface area contributed by atoms with Gasteiger partial charge < -0.3 is 10.2 Å². The lowest BCUT2D eigenvalue weighted by atomic mass is 9.64. The van der Waals surface area contributed by atoms with Crippen molar-refractivity contribution < 1.29 is 22.4 Å². The monoisotopic (exact) mass is 514 g/mol. The molecule has 4 fully saturated rings. The van der Waals surface area contributed by atoms with Gasteiger partial charge in [-0.3, -0.25) is 14.2 Å². The summed E-state index contributed by atoms with van der Waals surface area (Å²) in [5.74, 6) is -1.88. The molecule has 10 heteroatoms. The molecule has 7 rings (SSSR count). The summed E-state index contributed by atoms with van der Waals surface area (Å²) in [5.41, 5.74) is -2.58. The minimum Gasteiger partial charge on any atom is -0.354 e. The topological polar surface area (TPSA) is 67.2 Å². The normalized spacial score (nSPS) is 27.1. The lowest BCUT2D eigenvalue weighted by Gasteiger charge is -2.49. The highest BCUT2D eigenvalue weighted by Crippen LogP contribution is 2.49. The number of carbonyl (C=O) groups is 1. The van der Waals surface area contributed by atoms with Crippen LogP contribution in [0.1, 0.15) is 55.3 Å². The number of fused-ring (bicyclic) bond motifs is 4. The number of hydrogen-bond donors (Lipinski definition) is 1. The van der Waals surface area contributed by atoms with Crippen molar-refractivity contribution in [2.45, 2.75) is 62.3 Å². The second kappa shape index (κ2) is 8.56. The molecule has 2 bridgehead atoms. The Morgan fingerprint density at radius 2 is 1.78 bits per heavy atom. The summed E-state index contributed by atoms with van der Waals surface area (Å²) in [7, 11) is 0. The number of amides is 1. The van der Waals surface area contributed by atoms with Crippen LogP contribution in [0.4, 0.5) is 23.4 Å². The molecule has 1 aromatic carbocycles. The van der Waals surface area contributed by atoms with Crippen LogP contribution in [0.5, 0.6) is 0 Å². The Bertz CT molecular complexity index is 1450. The molecular weight excluding hydrogens is 488 g/mol. The van der Waals surface area contributed by atoms with Crippen LogP contribution in [0, 0.1) is 11.6 Å². The third-order valence-corrected chi connectivity index (χ3v) is 8.24. The number of nitrogens with one attached hydrogen (secondary N) is 1. The van der Waals surface area contributed by atoms with Crippen LogP contribution in [0.15, 0.2) is 41.3 Å². The van der Waals surface area contributed by atoms with Gasteiger partial charge in [0.25, 0.3) is 5.91 Å². The lowest BCUT2D eigenvalue weighted by Crippen LogP contribution is -2.58. The summed E-state index contributed by atoms with van der Waals surface area (Å²) in [4.78, 5) is 33.2. The third kappa shape index (κ3) is 4.16. The van der Waals surface area contributed by atoms with Crippen molar-refractivity contribution in [3.05, 3.63) is 63.9 Å². The van der Waals surface area contributed by atoms with Gasteiger partial charge in [0.1, 0.15) is 34.9 Å². The summed E-state index contributed by atoms with van der Waals surface area (Å²) in [6.07, 6.45) is 3.11. The number of halogens is 4. The Morgan fingerprint density at radius 3 is 2.43 bits per heavy atom. The molecule has 3 heterocycles. The summed E-state index contributed by atoms with van der Waals surface area (Å²) in [5, 5.41) is 3.05. The number of hydrogen-bond acceptors (Lipinski definition) is 4. The maximum atomic E-state index is 14.9. The molecular formula is C27H26F4N4O2. The van der Waals surface area contributed by atoms with Gasteiger partial charge in [0.15, 0.2) is 5.65 Å². The van der Waals surface area contributed by atoms with Crippen molar-refractivity contribution in [1.82, 2.24) is 14.9 Å². The first-order valence-electron chi connectivity index (χ1n) is 12.6. The lowest BCUT2D eigenvalue weighted by molar-refractivity contribution is -0.00653. The number of carbonyl (C=O) groups excluding carboxylic acids is 1. The molecule has 0 radical (unpaired) electrons. The molecule has 1 N–H and O–H groups in total. The molecule has 2 aromatic heterocycles. The zero-order valence-electron chi connectivity index (χ0n) is 20.1. The molecule has 0 spiro atoms. The van der Waals surface area contributed by atoms with Crippen LogP contribution in [-0.4, -0.2) is 45.9 Å². The number of pyridine rings is 2. The number of benzene rings is 1. The average molecular weight is 515 g/mol. The highest BCUT2D eigenvalue weighted by atomic mass is 19.1. The summed E-state index contributed by atoms with van der Waals surface area (Å²) in [6, 6.07) is 6.07. The zero-order chi connectivity index (χ0) is 25.9. The van der Waals surface area contributed by atoms with E-state index in [1.165, 1.54) is 22.9 Å². The average Bonchev–Trinajstić information content (AvgIpc) is 3.32. The number of nitrogens with zero attached hydrogens (tertiary/aromatic N) is 3. The third-order valence-electron chi connectivity index (χ3n) is 8.24. The Hall–Kier alpha value is -3.43. The number of alkyl halides is 2. The van der Waals surface area contributed by atoms with Gasteiger partial charge >= 0.3 is 0 Å². The first-order valence-corrected chi connectivity index (χ1v) is 12.6. The van der Waals surface area contributed by atoms with E-state index in [-0.39, 0.29) is 28.8 Å². The Labute approximate surface area is 210 Å². The second-order valence-electron chi connectivity index (χ2n) is 10.6. The molecule has 1 amide bonds. The fraction of sp³-hybridized carbons (Fsp3) is 0.444. The Kier molecular flexibility index (Phi) is 5.54. The van der Waals surface area contributed by atoms with Crippen LogP contribution in [0.3, 0.4) is 0 Å². The highest BCUT2D eigenvalue weighted by molar-refractivity contribution is 5.97. The molecule has 3 saturated carbocycles. The summed E-state index contributed by atoms with van der Waals surface area (Å²) in [6.45, 7) is 0.591. The van der Waals surface area contributed by atoms with Gasteiger partial charge in [0, 0.05) is 24.3 Å². The van der Waals surface area contributed by atoms with Gasteiger partial charge in [-0.05, 0) is 69.2 Å². The maximum Gasteiger partial charge on any atom is 0.257 e. The predicted octanol–water partition coefficient (Wildman–Crippen LogP) is 4.76. The summed E-state index contributed by atoms with van der Waals surface area (Å²) >= 11 is 0. The molecule has 4 aliphatic rings.